The monoisotopic (exact) mass is 431 g/mol. The van der Waals surface area contributed by atoms with Crippen LogP contribution >= 0.6 is 15.9 Å². The fourth-order valence-electron chi connectivity index (χ4n) is 2.55. The quantitative estimate of drug-likeness (QED) is 0.550. The first kappa shape index (κ1) is 19.1. The molecule has 140 valence electrons. The predicted octanol–water partition coefficient (Wildman–Crippen LogP) is 3.90. The van der Waals surface area contributed by atoms with Crippen molar-refractivity contribution in [3.05, 3.63) is 76.6 Å². The minimum absolute atomic E-state index is 0.121. The zero-order valence-electron chi connectivity index (χ0n) is 14.6. The lowest BCUT2D eigenvalue weighted by atomic mass is 10.1. The molecule has 2 aromatic carbocycles. The van der Waals surface area contributed by atoms with Crippen LogP contribution in [0.5, 0.6) is 5.88 Å². The minimum Gasteiger partial charge on any atom is -0.466 e. The average molecular weight is 432 g/mol. The molecule has 0 atom stereocenters. The van der Waals surface area contributed by atoms with Gasteiger partial charge in [0.2, 0.25) is 5.88 Å². The number of aryl methyl sites for hydroxylation is 1. The van der Waals surface area contributed by atoms with Crippen molar-refractivity contribution >= 4 is 21.8 Å². The molecule has 3 aromatic rings. The maximum atomic E-state index is 13.1. The third kappa shape index (κ3) is 5.65. The van der Waals surface area contributed by atoms with Crippen LogP contribution in [0.2, 0.25) is 0 Å². The molecule has 1 aromatic heterocycles. The molecule has 0 saturated carbocycles. The minimum atomic E-state index is -0.245. The molecule has 0 fully saturated rings. The van der Waals surface area contributed by atoms with Gasteiger partial charge in [0.25, 0.3) is 5.91 Å². The summed E-state index contributed by atoms with van der Waals surface area (Å²) in [5.74, 6) is -0.116. The SMILES string of the molecule is O=C(COc1nn(-c2ccccc2)cc1Br)NCCCc1cccc(F)c1. The van der Waals surface area contributed by atoms with Gasteiger partial charge in [-0.1, -0.05) is 30.3 Å². The van der Waals surface area contributed by atoms with E-state index in [9.17, 15) is 9.18 Å². The molecule has 0 aliphatic heterocycles. The van der Waals surface area contributed by atoms with Crippen LogP contribution in [0, 0.1) is 5.82 Å². The molecule has 0 bridgehead atoms. The summed E-state index contributed by atoms with van der Waals surface area (Å²) in [5, 5.41) is 7.12. The zero-order valence-corrected chi connectivity index (χ0v) is 16.2. The Balaban J connectivity index is 1.42. The van der Waals surface area contributed by atoms with Crippen LogP contribution in [-0.2, 0) is 11.2 Å². The Labute approximate surface area is 165 Å². The second-order valence-electron chi connectivity index (χ2n) is 5.93. The van der Waals surface area contributed by atoms with E-state index in [4.69, 9.17) is 4.74 Å². The van der Waals surface area contributed by atoms with Gasteiger partial charge in [0.05, 0.1) is 10.2 Å². The van der Waals surface area contributed by atoms with Crippen molar-refractivity contribution in [1.29, 1.82) is 0 Å². The normalized spacial score (nSPS) is 10.6. The molecule has 1 heterocycles. The highest BCUT2D eigenvalue weighted by Gasteiger charge is 2.11. The number of para-hydroxylation sites is 1. The molecular weight excluding hydrogens is 413 g/mol. The van der Waals surface area contributed by atoms with Gasteiger partial charge in [0.15, 0.2) is 6.61 Å². The smallest absolute Gasteiger partial charge is 0.258 e. The first-order valence-electron chi connectivity index (χ1n) is 8.56. The summed E-state index contributed by atoms with van der Waals surface area (Å²) in [6.45, 7) is 0.378. The number of halogens is 2. The Morgan fingerprint density at radius 2 is 2.00 bits per heavy atom. The van der Waals surface area contributed by atoms with Gasteiger partial charge >= 0.3 is 0 Å². The summed E-state index contributed by atoms with van der Waals surface area (Å²) in [7, 11) is 0. The summed E-state index contributed by atoms with van der Waals surface area (Å²) in [6, 6.07) is 16.1. The van der Waals surface area contributed by atoms with Gasteiger partial charge in [-0.3, -0.25) is 4.79 Å². The highest BCUT2D eigenvalue weighted by atomic mass is 79.9. The van der Waals surface area contributed by atoms with E-state index in [-0.39, 0.29) is 18.3 Å². The maximum absolute atomic E-state index is 13.1. The van der Waals surface area contributed by atoms with Crippen molar-refractivity contribution in [2.45, 2.75) is 12.8 Å². The predicted molar refractivity (Wildman–Crippen MR) is 104 cm³/mol. The van der Waals surface area contributed by atoms with Crippen LogP contribution in [0.15, 0.2) is 65.3 Å². The van der Waals surface area contributed by atoms with Crippen molar-refractivity contribution in [3.63, 3.8) is 0 Å². The first-order chi connectivity index (χ1) is 13.1. The number of nitrogens with zero attached hydrogens (tertiary/aromatic N) is 2. The number of nitrogens with one attached hydrogen (secondary N) is 1. The average Bonchev–Trinajstić information content (AvgIpc) is 3.05. The number of hydrogen-bond donors (Lipinski definition) is 1. The number of benzene rings is 2. The highest BCUT2D eigenvalue weighted by molar-refractivity contribution is 9.10. The molecule has 5 nitrogen and oxygen atoms in total. The van der Waals surface area contributed by atoms with E-state index < -0.39 is 0 Å². The fourth-order valence-corrected chi connectivity index (χ4v) is 2.93. The number of amides is 1. The summed E-state index contributed by atoms with van der Waals surface area (Å²) in [4.78, 5) is 11.9. The van der Waals surface area contributed by atoms with Crippen molar-refractivity contribution in [1.82, 2.24) is 15.1 Å². The van der Waals surface area contributed by atoms with Crippen LogP contribution in [0.3, 0.4) is 0 Å². The van der Waals surface area contributed by atoms with Crippen LogP contribution in [0.1, 0.15) is 12.0 Å². The van der Waals surface area contributed by atoms with Gasteiger partial charge in [-0.05, 0) is 58.6 Å². The van der Waals surface area contributed by atoms with E-state index in [0.29, 0.717) is 23.3 Å². The standard InChI is InChI=1S/C20H19BrFN3O2/c21-18-13-25(17-9-2-1-3-10-17)24-20(18)27-14-19(26)23-11-5-7-15-6-4-8-16(22)12-15/h1-4,6,8-10,12-13H,5,7,11,14H2,(H,23,26). The third-order valence-corrected chi connectivity index (χ3v) is 4.40. The lowest BCUT2D eigenvalue weighted by molar-refractivity contribution is -0.123. The molecular formula is C20H19BrFN3O2. The zero-order chi connectivity index (χ0) is 19.1. The Bertz CT molecular complexity index is 899. The van der Waals surface area contributed by atoms with Gasteiger partial charge in [-0.15, -0.1) is 5.10 Å². The Kier molecular flexibility index (Phi) is 6.59. The van der Waals surface area contributed by atoms with Gasteiger partial charge < -0.3 is 10.1 Å². The summed E-state index contributed by atoms with van der Waals surface area (Å²) in [6.07, 6.45) is 3.20. The van der Waals surface area contributed by atoms with Crippen LogP contribution in [0.4, 0.5) is 4.39 Å². The van der Waals surface area contributed by atoms with Gasteiger partial charge in [-0.25, -0.2) is 9.07 Å². The Morgan fingerprint density at radius 3 is 2.78 bits per heavy atom. The molecule has 1 N–H and O–H groups in total. The summed E-state index contributed by atoms with van der Waals surface area (Å²) >= 11 is 3.39. The van der Waals surface area contributed by atoms with Gasteiger partial charge in [0.1, 0.15) is 5.82 Å². The molecule has 3 rings (SSSR count). The van der Waals surface area contributed by atoms with Gasteiger partial charge in [-0.2, -0.15) is 0 Å². The van der Waals surface area contributed by atoms with Crippen molar-refractivity contribution in [2.75, 3.05) is 13.2 Å². The fraction of sp³-hybridized carbons (Fsp3) is 0.200. The Hall–Kier alpha value is -2.67. The largest absolute Gasteiger partial charge is 0.466 e. The molecule has 7 heteroatoms. The number of carbonyl (C=O) groups is 1. The summed E-state index contributed by atoms with van der Waals surface area (Å²) in [5.41, 5.74) is 1.81. The van der Waals surface area contributed by atoms with Crippen molar-refractivity contribution in [3.8, 4) is 11.6 Å². The molecule has 1 amide bonds. The van der Waals surface area contributed by atoms with Crippen molar-refractivity contribution < 1.29 is 13.9 Å². The van der Waals surface area contributed by atoms with Crippen LogP contribution in [-0.4, -0.2) is 28.8 Å². The molecule has 0 spiro atoms. The second kappa shape index (κ2) is 9.32. The van der Waals surface area contributed by atoms with E-state index >= 15 is 0 Å². The molecule has 0 radical (unpaired) electrons. The maximum Gasteiger partial charge on any atom is 0.258 e. The number of ether oxygens (including phenoxy) is 1. The van der Waals surface area contributed by atoms with E-state index in [1.165, 1.54) is 12.1 Å². The van der Waals surface area contributed by atoms with Crippen LogP contribution in [0.25, 0.3) is 5.69 Å². The number of hydrogen-bond acceptors (Lipinski definition) is 3. The van der Waals surface area contributed by atoms with E-state index in [0.717, 1.165) is 17.7 Å². The van der Waals surface area contributed by atoms with Crippen LogP contribution < -0.4 is 10.1 Å². The molecule has 0 aliphatic carbocycles. The highest BCUT2D eigenvalue weighted by Crippen LogP contribution is 2.24. The topological polar surface area (TPSA) is 56.1 Å². The van der Waals surface area contributed by atoms with E-state index in [2.05, 4.69) is 26.3 Å². The van der Waals surface area contributed by atoms with E-state index in [1.54, 1.807) is 16.9 Å². The lowest BCUT2D eigenvalue weighted by Gasteiger charge is -2.06. The number of aromatic nitrogens is 2. The molecule has 0 aliphatic rings. The van der Waals surface area contributed by atoms with Gasteiger partial charge in [0, 0.05) is 12.7 Å². The van der Waals surface area contributed by atoms with Crippen molar-refractivity contribution in [2.24, 2.45) is 0 Å². The molecule has 0 unspecified atom stereocenters. The Morgan fingerprint density at radius 1 is 1.19 bits per heavy atom. The van der Waals surface area contributed by atoms with E-state index in [1.807, 2.05) is 36.4 Å². The number of carbonyl (C=O) groups excluding carboxylic acids is 1. The lowest BCUT2D eigenvalue weighted by Crippen LogP contribution is -2.30. The summed E-state index contributed by atoms with van der Waals surface area (Å²) < 4.78 is 21.0. The number of rotatable bonds is 8. The third-order valence-electron chi connectivity index (χ3n) is 3.85. The molecule has 0 saturated heterocycles. The molecule has 27 heavy (non-hydrogen) atoms. The first-order valence-corrected chi connectivity index (χ1v) is 9.35. The second-order valence-corrected chi connectivity index (χ2v) is 6.79.